The smallest absolute Gasteiger partial charge is 0.273 e. The van der Waals surface area contributed by atoms with Crippen molar-refractivity contribution in [3.63, 3.8) is 0 Å². The van der Waals surface area contributed by atoms with Crippen LogP contribution in [-0.4, -0.2) is 23.0 Å². The summed E-state index contributed by atoms with van der Waals surface area (Å²) in [5, 5.41) is 18.0. The van der Waals surface area contributed by atoms with Crippen molar-refractivity contribution in [2.75, 3.05) is 5.32 Å². The molecule has 3 aromatic carbocycles. The monoisotopic (exact) mass is 502 g/mol. The van der Waals surface area contributed by atoms with E-state index >= 15 is 0 Å². The Morgan fingerprint density at radius 1 is 1.00 bits per heavy atom. The second kappa shape index (κ2) is 11.1. The Kier molecular flexibility index (Phi) is 7.52. The number of hydrogen-bond donors (Lipinski definition) is 2. The third-order valence-electron chi connectivity index (χ3n) is 5.06. The van der Waals surface area contributed by atoms with E-state index in [9.17, 15) is 19.7 Å². The normalized spacial score (nSPS) is 10.8. The maximum absolute atomic E-state index is 12.7. The summed E-state index contributed by atoms with van der Waals surface area (Å²) in [6, 6.07) is 23.0. The Bertz CT molecular complexity index is 1450. The van der Waals surface area contributed by atoms with Gasteiger partial charge in [0.1, 0.15) is 11.5 Å². The number of para-hydroxylation sites is 1. The number of hydrogen-bond acceptors (Lipinski definition) is 6. The molecule has 0 saturated heterocycles. The van der Waals surface area contributed by atoms with Gasteiger partial charge in [-0.1, -0.05) is 54.1 Å². The summed E-state index contributed by atoms with van der Waals surface area (Å²) in [6.45, 7) is 0. The fourth-order valence-electron chi connectivity index (χ4n) is 3.36. The molecule has 0 bridgehead atoms. The van der Waals surface area contributed by atoms with E-state index in [0.717, 1.165) is 5.56 Å². The fraction of sp³-hybridized carbons (Fsp3) is 0.0385. The highest BCUT2D eigenvalue weighted by molar-refractivity contribution is 6.33. The molecule has 0 aliphatic carbocycles. The van der Waals surface area contributed by atoms with Gasteiger partial charge in [-0.15, -0.1) is 0 Å². The van der Waals surface area contributed by atoms with E-state index in [0.29, 0.717) is 17.0 Å². The quantitative estimate of drug-likeness (QED) is 0.188. The second-order valence-corrected chi connectivity index (χ2v) is 7.99. The standard InChI is InChI=1S/C26H19ClN4O5/c27-22-12-10-18(31(34)35)15-21(22)24-13-11-19(36-24)16-28-30-26(33)20-8-4-5-9-23(20)29-25(32)14-17-6-2-1-3-7-17/h1-13,15-16H,14H2,(H,29,32)(H,30,33)/b28-16-. The first kappa shape index (κ1) is 24.4. The molecule has 2 N–H and O–H groups in total. The average Bonchev–Trinajstić information content (AvgIpc) is 3.33. The van der Waals surface area contributed by atoms with Crippen molar-refractivity contribution in [1.82, 2.24) is 5.43 Å². The number of nitrogens with zero attached hydrogens (tertiary/aromatic N) is 2. The number of nitrogens with one attached hydrogen (secondary N) is 2. The molecule has 36 heavy (non-hydrogen) atoms. The van der Waals surface area contributed by atoms with E-state index in [2.05, 4.69) is 15.8 Å². The maximum Gasteiger partial charge on any atom is 0.273 e. The Hall–Kier alpha value is -4.76. The molecule has 0 radical (unpaired) electrons. The van der Waals surface area contributed by atoms with Gasteiger partial charge in [0.25, 0.3) is 11.6 Å². The van der Waals surface area contributed by atoms with Crippen molar-refractivity contribution >= 4 is 41.0 Å². The fourth-order valence-corrected chi connectivity index (χ4v) is 3.57. The van der Waals surface area contributed by atoms with Gasteiger partial charge in [-0.05, 0) is 35.9 Å². The first-order valence-electron chi connectivity index (χ1n) is 10.7. The molecule has 4 aromatic rings. The predicted molar refractivity (Wildman–Crippen MR) is 136 cm³/mol. The number of carbonyl (C=O) groups excluding carboxylic acids is 2. The molecule has 10 heteroatoms. The summed E-state index contributed by atoms with van der Waals surface area (Å²) in [7, 11) is 0. The van der Waals surface area contributed by atoms with Crippen molar-refractivity contribution in [2.24, 2.45) is 5.10 Å². The number of anilines is 1. The lowest BCUT2D eigenvalue weighted by Crippen LogP contribution is -2.22. The average molecular weight is 503 g/mol. The Morgan fingerprint density at radius 2 is 1.75 bits per heavy atom. The molecule has 0 atom stereocenters. The Balaban J connectivity index is 1.41. The van der Waals surface area contributed by atoms with Crippen LogP contribution in [0.3, 0.4) is 0 Å². The van der Waals surface area contributed by atoms with E-state index in [1.165, 1.54) is 24.4 Å². The van der Waals surface area contributed by atoms with Gasteiger partial charge in [-0.3, -0.25) is 19.7 Å². The number of furan rings is 1. The third kappa shape index (κ3) is 6.02. The van der Waals surface area contributed by atoms with Gasteiger partial charge in [0.15, 0.2) is 0 Å². The molecule has 0 aliphatic rings. The molecule has 9 nitrogen and oxygen atoms in total. The second-order valence-electron chi connectivity index (χ2n) is 7.58. The van der Waals surface area contributed by atoms with Crippen molar-refractivity contribution in [2.45, 2.75) is 6.42 Å². The number of hydrazone groups is 1. The molecule has 0 saturated carbocycles. The van der Waals surface area contributed by atoms with Crippen LogP contribution in [0, 0.1) is 10.1 Å². The van der Waals surface area contributed by atoms with Crippen LogP contribution in [0.2, 0.25) is 5.02 Å². The molecular formula is C26H19ClN4O5. The number of amides is 2. The number of benzene rings is 3. The van der Waals surface area contributed by atoms with Gasteiger partial charge in [0.05, 0.1) is 33.8 Å². The molecule has 0 aliphatic heterocycles. The first-order valence-corrected chi connectivity index (χ1v) is 11.1. The molecule has 0 unspecified atom stereocenters. The highest BCUT2D eigenvalue weighted by Gasteiger charge is 2.15. The van der Waals surface area contributed by atoms with Gasteiger partial charge >= 0.3 is 0 Å². The topological polar surface area (TPSA) is 127 Å². The first-order chi connectivity index (χ1) is 17.4. The lowest BCUT2D eigenvalue weighted by Gasteiger charge is -2.10. The van der Waals surface area contributed by atoms with Gasteiger partial charge < -0.3 is 9.73 Å². The largest absolute Gasteiger partial charge is 0.455 e. The molecule has 2 amide bonds. The Labute approximate surface area is 210 Å². The van der Waals surface area contributed by atoms with Crippen molar-refractivity contribution < 1.29 is 18.9 Å². The number of nitro benzene ring substituents is 1. The molecule has 1 aromatic heterocycles. The third-order valence-corrected chi connectivity index (χ3v) is 5.39. The van der Waals surface area contributed by atoms with E-state index in [-0.39, 0.29) is 34.4 Å². The van der Waals surface area contributed by atoms with Crippen LogP contribution in [0.25, 0.3) is 11.3 Å². The minimum absolute atomic E-state index is 0.122. The molecule has 1 heterocycles. The SMILES string of the molecule is O=C(Cc1ccccc1)Nc1ccccc1C(=O)N/N=C\c1ccc(-c2cc([N+](=O)[O-])ccc2Cl)o1. The van der Waals surface area contributed by atoms with Crippen LogP contribution >= 0.6 is 11.6 Å². The molecule has 0 spiro atoms. The van der Waals surface area contributed by atoms with Gasteiger partial charge in [-0.25, -0.2) is 5.43 Å². The zero-order chi connectivity index (χ0) is 25.5. The minimum atomic E-state index is -0.532. The number of carbonyl (C=O) groups is 2. The van der Waals surface area contributed by atoms with Crippen molar-refractivity contribution in [3.8, 4) is 11.3 Å². The lowest BCUT2D eigenvalue weighted by atomic mass is 10.1. The van der Waals surface area contributed by atoms with Crippen LogP contribution in [0.1, 0.15) is 21.7 Å². The van der Waals surface area contributed by atoms with Crippen LogP contribution in [0.4, 0.5) is 11.4 Å². The summed E-state index contributed by atoms with van der Waals surface area (Å²) < 4.78 is 5.64. The zero-order valence-electron chi connectivity index (χ0n) is 18.7. The van der Waals surface area contributed by atoms with Gasteiger partial charge in [0, 0.05) is 17.7 Å². The minimum Gasteiger partial charge on any atom is -0.455 e. The molecular weight excluding hydrogens is 484 g/mol. The van der Waals surface area contributed by atoms with Gasteiger partial charge in [-0.2, -0.15) is 5.10 Å². The van der Waals surface area contributed by atoms with E-state index in [4.69, 9.17) is 16.0 Å². The highest BCUT2D eigenvalue weighted by Crippen LogP contribution is 2.32. The van der Waals surface area contributed by atoms with Gasteiger partial charge in [0.2, 0.25) is 5.91 Å². The summed E-state index contributed by atoms with van der Waals surface area (Å²) in [4.78, 5) is 35.6. The Morgan fingerprint density at radius 3 is 2.53 bits per heavy atom. The van der Waals surface area contributed by atoms with Crippen LogP contribution in [0.15, 0.2) is 94.4 Å². The van der Waals surface area contributed by atoms with Crippen molar-refractivity contribution in [1.29, 1.82) is 0 Å². The van der Waals surface area contributed by atoms with Crippen LogP contribution in [0.5, 0.6) is 0 Å². The lowest BCUT2D eigenvalue weighted by molar-refractivity contribution is -0.384. The van der Waals surface area contributed by atoms with E-state index in [1.807, 2.05) is 30.3 Å². The van der Waals surface area contributed by atoms with Crippen LogP contribution in [-0.2, 0) is 11.2 Å². The summed E-state index contributed by atoms with van der Waals surface area (Å²) in [6.07, 6.45) is 1.45. The number of rotatable bonds is 8. The maximum atomic E-state index is 12.7. The van der Waals surface area contributed by atoms with E-state index < -0.39 is 10.8 Å². The number of halogens is 1. The number of nitro groups is 1. The summed E-state index contributed by atoms with van der Waals surface area (Å²) in [5.41, 5.74) is 4.07. The number of non-ortho nitro benzene ring substituents is 1. The summed E-state index contributed by atoms with van der Waals surface area (Å²) >= 11 is 6.15. The van der Waals surface area contributed by atoms with Crippen molar-refractivity contribution in [3.05, 3.63) is 117 Å². The molecule has 0 fully saturated rings. The molecule has 4 rings (SSSR count). The van der Waals surface area contributed by atoms with Crippen LogP contribution < -0.4 is 10.7 Å². The predicted octanol–water partition coefficient (Wildman–Crippen LogP) is 5.45. The molecule has 180 valence electrons. The summed E-state index contributed by atoms with van der Waals surface area (Å²) in [5.74, 6) is -0.191. The highest BCUT2D eigenvalue weighted by atomic mass is 35.5. The van der Waals surface area contributed by atoms with E-state index in [1.54, 1.807) is 36.4 Å². The zero-order valence-corrected chi connectivity index (χ0v) is 19.4.